The van der Waals surface area contributed by atoms with Crippen LogP contribution in [0.2, 0.25) is 0 Å². The molecule has 2 atom stereocenters. The predicted molar refractivity (Wildman–Crippen MR) is 74.9 cm³/mol. The van der Waals surface area contributed by atoms with Gasteiger partial charge in [-0.15, -0.1) is 0 Å². The van der Waals surface area contributed by atoms with Gasteiger partial charge in [-0.2, -0.15) is 18.4 Å². The average molecular weight is 339 g/mol. The second kappa shape index (κ2) is 5.21. The topological polar surface area (TPSA) is 84.6 Å². The molecule has 24 heavy (non-hydrogen) atoms. The van der Waals surface area contributed by atoms with Gasteiger partial charge in [-0.3, -0.25) is 4.79 Å². The summed E-state index contributed by atoms with van der Waals surface area (Å²) in [6, 6.07) is 1.72. The molecule has 3 rings (SSSR count). The van der Waals surface area contributed by atoms with E-state index in [0.29, 0.717) is 4.90 Å². The Hall–Kier alpha value is -2.60. The number of imide groups is 1. The van der Waals surface area contributed by atoms with Crippen molar-refractivity contribution in [1.82, 2.24) is 4.90 Å². The highest BCUT2D eigenvalue weighted by Crippen LogP contribution is 2.40. The molecule has 0 radical (unpaired) electrons. The number of hydrogen-bond acceptors (Lipinski definition) is 4. The van der Waals surface area contributed by atoms with Gasteiger partial charge in [-0.05, 0) is 31.0 Å². The van der Waals surface area contributed by atoms with Gasteiger partial charge in [0.25, 0.3) is 5.91 Å². The maximum absolute atomic E-state index is 13.3. The van der Waals surface area contributed by atoms with E-state index < -0.39 is 41.4 Å². The van der Waals surface area contributed by atoms with Crippen LogP contribution < -0.4 is 4.90 Å². The lowest BCUT2D eigenvalue weighted by Crippen LogP contribution is -2.37. The number of urea groups is 1. The zero-order valence-corrected chi connectivity index (χ0v) is 12.5. The Kier molecular flexibility index (Phi) is 3.53. The zero-order valence-electron chi connectivity index (χ0n) is 12.5. The molecule has 2 saturated heterocycles. The lowest BCUT2D eigenvalue weighted by Gasteiger charge is -2.21. The van der Waals surface area contributed by atoms with Gasteiger partial charge in [-0.25, -0.2) is 9.69 Å². The summed E-state index contributed by atoms with van der Waals surface area (Å²) in [5.74, 6) is -0.758. The maximum atomic E-state index is 13.3. The summed E-state index contributed by atoms with van der Waals surface area (Å²) in [6.45, 7) is 1.27. The minimum Gasteiger partial charge on any atom is -0.390 e. The molecule has 1 aromatic rings. The van der Waals surface area contributed by atoms with E-state index in [1.165, 1.54) is 6.07 Å². The van der Waals surface area contributed by atoms with Crippen molar-refractivity contribution in [3.8, 4) is 6.07 Å². The van der Waals surface area contributed by atoms with Crippen LogP contribution in [-0.4, -0.2) is 40.6 Å². The zero-order chi connectivity index (χ0) is 17.8. The van der Waals surface area contributed by atoms with Crippen LogP contribution in [0.3, 0.4) is 0 Å². The summed E-state index contributed by atoms with van der Waals surface area (Å²) >= 11 is 0. The van der Waals surface area contributed by atoms with Crippen molar-refractivity contribution in [1.29, 1.82) is 5.26 Å². The highest BCUT2D eigenvalue weighted by Gasteiger charge is 2.53. The van der Waals surface area contributed by atoms with Crippen molar-refractivity contribution in [2.24, 2.45) is 0 Å². The van der Waals surface area contributed by atoms with Gasteiger partial charge < -0.3 is 10.0 Å². The van der Waals surface area contributed by atoms with Crippen LogP contribution >= 0.6 is 0 Å². The summed E-state index contributed by atoms with van der Waals surface area (Å²) in [5.41, 5.74) is -2.35. The molecule has 0 saturated carbocycles. The van der Waals surface area contributed by atoms with Gasteiger partial charge in [0.1, 0.15) is 6.04 Å². The Bertz CT molecular complexity index is 785. The number of aliphatic hydroxyl groups is 1. The summed E-state index contributed by atoms with van der Waals surface area (Å²) in [4.78, 5) is 26.6. The third-order valence-electron chi connectivity index (χ3n) is 4.36. The molecule has 0 aliphatic carbocycles. The molecule has 2 fully saturated rings. The molecule has 126 valence electrons. The number of anilines is 1. The van der Waals surface area contributed by atoms with E-state index in [9.17, 15) is 27.9 Å². The number of halogens is 3. The first-order chi connectivity index (χ1) is 11.2. The molecule has 0 bridgehead atoms. The van der Waals surface area contributed by atoms with Crippen LogP contribution in [0.25, 0.3) is 0 Å². The SMILES string of the molecule is Cc1c(N2C(=O)[C@@H]3C(O)CCN3C2=O)ccc(C#N)c1C(F)(F)F. The minimum atomic E-state index is -4.80. The number of carbonyl (C=O) groups is 2. The molecule has 2 aliphatic heterocycles. The number of benzene rings is 1. The Morgan fingerprint density at radius 3 is 2.54 bits per heavy atom. The first kappa shape index (κ1) is 16.3. The van der Waals surface area contributed by atoms with E-state index in [4.69, 9.17) is 5.26 Å². The quantitative estimate of drug-likeness (QED) is 0.791. The number of nitriles is 1. The van der Waals surface area contributed by atoms with Crippen molar-refractivity contribution in [3.05, 3.63) is 28.8 Å². The second-order valence-electron chi connectivity index (χ2n) is 5.69. The van der Waals surface area contributed by atoms with E-state index in [0.717, 1.165) is 24.0 Å². The third kappa shape index (κ3) is 2.14. The molecule has 3 amide bonds. The number of nitrogens with zero attached hydrogens (tertiary/aromatic N) is 3. The fourth-order valence-electron chi connectivity index (χ4n) is 3.27. The van der Waals surface area contributed by atoms with Crippen molar-refractivity contribution >= 4 is 17.6 Å². The van der Waals surface area contributed by atoms with Gasteiger partial charge in [-0.1, -0.05) is 0 Å². The van der Waals surface area contributed by atoms with Crippen molar-refractivity contribution < 1.29 is 27.9 Å². The summed E-state index contributed by atoms with van der Waals surface area (Å²) in [6.07, 6.45) is -5.59. The molecule has 2 aliphatic rings. The molecule has 0 aromatic heterocycles. The summed E-state index contributed by atoms with van der Waals surface area (Å²) in [5, 5.41) is 18.7. The first-order valence-electron chi connectivity index (χ1n) is 7.12. The molecule has 6 nitrogen and oxygen atoms in total. The van der Waals surface area contributed by atoms with Gasteiger partial charge >= 0.3 is 12.2 Å². The Morgan fingerprint density at radius 2 is 2.00 bits per heavy atom. The smallest absolute Gasteiger partial charge is 0.390 e. The largest absolute Gasteiger partial charge is 0.418 e. The molecule has 1 aromatic carbocycles. The van der Waals surface area contributed by atoms with E-state index in [-0.39, 0.29) is 24.2 Å². The molecular weight excluding hydrogens is 327 g/mol. The number of aliphatic hydroxyl groups excluding tert-OH is 1. The Morgan fingerprint density at radius 1 is 1.33 bits per heavy atom. The number of amides is 3. The van der Waals surface area contributed by atoms with Crippen LogP contribution in [0.1, 0.15) is 23.1 Å². The number of fused-ring (bicyclic) bond motifs is 1. The van der Waals surface area contributed by atoms with Gasteiger partial charge in [0.2, 0.25) is 0 Å². The van der Waals surface area contributed by atoms with Crippen LogP contribution in [-0.2, 0) is 11.0 Å². The first-order valence-corrected chi connectivity index (χ1v) is 7.12. The van der Waals surface area contributed by atoms with Crippen LogP contribution in [0.5, 0.6) is 0 Å². The van der Waals surface area contributed by atoms with Crippen molar-refractivity contribution in [3.63, 3.8) is 0 Å². The van der Waals surface area contributed by atoms with Gasteiger partial charge in [0.15, 0.2) is 0 Å². The van der Waals surface area contributed by atoms with Gasteiger partial charge in [0, 0.05) is 6.54 Å². The highest BCUT2D eigenvalue weighted by molar-refractivity contribution is 6.22. The number of alkyl halides is 3. The van der Waals surface area contributed by atoms with Crippen molar-refractivity contribution in [2.75, 3.05) is 11.4 Å². The Balaban J connectivity index is 2.13. The fraction of sp³-hybridized carbons (Fsp3) is 0.400. The standard InChI is InChI=1S/C15H12F3N3O3/c1-7-9(3-2-8(6-19)11(7)15(16,17)18)21-13(23)12-10(22)4-5-20(12)14(21)24/h2-3,10,12,22H,4-5H2,1H3/t10?,12-/m0/s1. The Labute approximate surface area is 134 Å². The lowest BCUT2D eigenvalue weighted by molar-refractivity contribution is -0.138. The predicted octanol–water partition coefficient (Wildman–Crippen LogP) is 1.79. The van der Waals surface area contributed by atoms with Gasteiger partial charge in [0.05, 0.1) is 29.0 Å². The molecule has 0 spiro atoms. The molecule has 9 heteroatoms. The molecule has 1 N–H and O–H groups in total. The van der Waals surface area contributed by atoms with E-state index >= 15 is 0 Å². The van der Waals surface area contributed by atoms with E-state index in [1.54, 1.807) is 0 Å². The molecule has 2 heterocycles. The summed E-state index contributed by atoms with van der Waals surface area (Å²) in [7, 11) is 0. The third-order valence-corrected chi connectivity index (χ3v) is 4.36. The lowest BCUT2D eigenvalue weighted by atomic mass is 9.99. The average Bonchev–Trinajstić information content (AvgIpc) is 2.99. The summed E-state index contributed by atoms with van der Waals surface area (Å²) < 4.78 is 39.8. The number of carbonyl (C=O) groups excluding carboxylic acids is 2. The van der Waals surface area contributed by atoms with Crippen LogP contribution in [0.4, 0.5) is 23.7 Å². The minimum absolute atomic E-state index is 0.161. The monoisotopic (exact) mass is 339 g/mol. The van der Waals surface area contributed by atoms with Crippen molar-refractivity contribution in [2.45, 2.75) is 31.7 Å². The van der Waals surface area contributed by atoms with Crippen LogP contribution in [0, 0.1) is 18.3 Å². The maximum Gasteiger partial charge on any atom is 0.418 e. The highest BCUT2D eigenvalue weighted by atomic mass is 19.4. The molecular formula is C15H12F3N3O3. The normalized spacial score (nSPS) is 23.7. The number of hydrogen-bond donors (Lipinski definition) is 1. The van der Waals surface area contributed by atoms with Crippen LogP contribution in [0.15, 0.2) is 12.1 Å². The van der Waals surface area contributed by atoms with E-state index in [2.05, 4.69) is 0 Å². The fourth-order valence-corrected chi connectivity index (χ4v) is 3.27. The van der Waals surface area contributed by atoms with E-state index in [1.807, 2.05) is 0 Å². The number of rotatable bonds is 1. The second-order valence-corrected chi connectivity index (χ2v) is 5.69. The molecule has 1 unspecified atom stereocenters.